The first-order valence-electron chi connectivity index (χ1n) is 14.1. The number of Topliss-reactive ketones (excluding diaryl/α,β-unsaturated/α-hetero) is 1. The van der Waals surface area contributed by atoms with Crippen LogP contribution in [0.3, 0.4) is 0 Å². The number of fused-ring (bicyclic) bond motifs is 2. The number of rotatable bonds is 10. The number of carboxylic acids is 1. The molecular formula is C32H35N3O7S. The number of urea groups is 1. The highest BCUT2D eigenvalue weighted by molar-refractivity contribution is 7.89. The Balaban J connectivity index is 1.24. The number of amides is 2. The number of carboxylic acid groups (broad SMARTS) is 1. The SMILES string of the molecule is CC1(C)C2CCC1(CS(=O)(=O)N[C@@H](Cc1ccc(-c3cccc(NC(=O)Nc4ccccc4O)c3)cc1)C(=O)O)C(=O)C2. The van der Waals surface area contributed by atoms with E-state index in [4.69, 9.17) is 0 Å². The first-order chi connectivity index (χ1) is 20.3. The van der Waals surface area contributed by atoms with Crippen LogP contribution in [-0.2, 0) is 26.0 Å². The molecule has 3 atom stereocenters. The Kier molecular flexibility index (Phi) is 8.06. The average Bonchev–Trinajstić information content (AvgIpc) is 3.28. The summed E-state index contributed by atoms with van der Waals surface area (Å²) in [4.78, 5) is 37.3. The molecule has 0 aromatic heterocycles. The molecule has 2 saturated carbocycles. The predicted molar refractivity (Wildman–Crippen MR) is 163 cm³/mol. The van der Waals surface area contributed by atoms with Crippen LogP contribution in [0.25, 0.3) is 11.1 Å². The minimum atomic E-state index is -4.07. The van der Waals surface area contributed by atoms with Crippen LogP contribution in [0.15, 0.2) is 72.8 Å². The van der Waals surface area contributed by atoms with Crippen LogP contribution in [0, 0.1) is 16.7 Å². The zero-order valence-corrected chi connectivity index (χ0v) is 24.8. The van der Waals surface area contributed by atoms with Crippen molar-refractivity contribution < 1.29 is 33.0 Å². The number of sulfonamides is 1. The molecule has 5 N–H and O–H groups in total. The number of benzene rings is 3. The van der Waals surface area contributed by atoms with Gasteiger partial charge in [0, 0.05) is 17.5 Å². The Labute approximate surface area is 250 Å². The molecular weight excluding hydrogens is 570 g/mol. The number of nitrogens with one attached hydrogen (secondary N) is 3. The molecule has 3 aromatic rings. The van der Waals surface area contributed by atoms with Gasteiger partial charge in [-0.2, -0.15) is 0 Å². The second-order valence-electron chi connectivity index (χ2n) is 12.0. The normalized spacial score (nSPS) is 21.3. The number of para-hydroxylation sites is 2. The van der Waals surface area contributed by atoms with Crippen LogP contribution in [0.5, 0.6) is 5.75 Å². The van der Waals surface area contributed by atoms with E-state index in [0.717, 1.165) is 17.5 Å². The molecule has 226 valence electrons. The minimum Gasteiger partial charge on any atom is -0.506 e. The lowest BCUT2D eigenvalue weighted by Gasteiger charge is -2.36. The van der Waals surface area contributed by atoms with Gasteiger partial charge in [-0.1, -0.05) is 62.4 Å². The van der Waals surface area contributed by atoms with E-state index in [9.17, 15) is 33.0 Å². The number of aliphatic carboxylic acids is 1. The van der Waals surface area contributed by atoms with E-state index in [1.54, 1.807) is 60.7 Å². The summed E-state index contributed by atoms with van der Waals surface area (Å²) in [5, 5.41) is 25.0. The van der Waals surface area contributed by atoms with Crippen molar-refractivity contribution in [1.29, 1.82) is 0 Å². The van der Waals surface area contributed by atoms with Crippen molar-refractivity contribution in [1.82, 2.24) is 4.72 Å². The maximum atomic E-state index is 13.2. The number of aromatic hydroxyl groups is 1. The van der Waals surface area contributed by atoms with Gasteiger partial charge in [0.1, 0.15) is 17.6 Å². The number of phenolic OH excluding ortho intramolecular Hbond substituents is 1. The van der Waals surface area contributed by atoms with Crippen LogP contribution in [0.1, 0.15) is 38.7 Å². The van der Waals surface area contributed by atoms with Crippen molar-refractivity contribution in [3.05, 3.63) is 78.4 Å². The Morgan fingerprint density at radius 2 is 1.70 bits per heavy atom. The summed E-state index contributed by atoms with van der Waals surface area (Å²) in [5.74, 6) is -1.64. The van der Waals surface area contributed by atoms with Crippen molar-refractivity contribution in [2.45, 2.75) is 45.6 Å². The molecule has 2 aliphatic rings. The number of anilines is 2. The van der Waals surface area contributed by atoms with Gasteiger partial charge < -0.3 is 20.8 Å². The summed E-state index contributed by atoms with van der Waals surface area (Å²) in [6, 6.07) is 18.6. The molecule has 2 unspecified atom stereocenters. The second-order valence-corrected chi connectivity index (χ2v) is 13.8. The fourth-order valence-corrected chi connectivity index (χ4v) is 8.61. The van der Waals surface area contributed by atoms with Crippen molar-refractivity contribution in [3.8, 4) is 16.9 Å². The van der Waals surface area contributed by atoms with E-state index in [2.05, 4.69) is 15.4 Å². The molecule has 0 heterocycles. The van der Waals surface area contributed by atoms with E-state index >= 15 is 0 Å². The molecule has 2 aliphatic carbocycles. The van der Waals surface area contributed by atoms with E-state index in [1.165, 1.54) is 6.07 Å². The average molecular weight is 606 g/mol. The number of carbonyl (C=O) groups is 3. The topological polar surface area (TPSA) is 162 Å². The summed E-state index contributed by atoms with van der Waals surface area (Å²) in [6.07, 6.45) is 1.60. The van der Waals surface area contributed by atoms with Gasteiger partial charge in [-0.15, -0.1) is 0 Å². The smallest absolute Gasteiger partial charge is 0.323 e. The monoisotopic (exact) mass is 605 g/mol. The van der Waals surface area contributed by atoms with Crippen molar-refractivity contribution in [2.75, 3.05) is 16.4 Å². The third-order valence-corrected chi connectivity index (χ3v) is 10.7. The fourth-order valence-electron chi connectivity index (χ4n) is 6.58. The van der Waals surface area contributed by atoms with Crippen molar-refractivity contribution in [3.63, 3.8) is 0 Å². The molecule has 10 nitrogen and oxygen atoms in total. The summed E-state index contributed by atoms with van der Waals surface area (Å²) in [5.41, 5.74) is 1.57. The first-order valence-corrected chi connectivity index (χ1v) is 15.8. The van der Waals surface area contributed by atoms with Gasteiger partial charge in [0.05, 0.1) is 11.4 Å². The molecule has 43 heavy (non-hydrogen) atoms. The zero-order chi connectivity index (χ0) is 31.0. The molecule has 2 bridgehead atoms. The van der Waals surface area contributed by atoms with Gasteiger partial charge in [0.15, 0.2) is 0 Å². The summed E-state index contributed by atoms with van der Waals surface area (Å²) in [6.45, 7) is 3.89. The van der Waals surface area contributed by atoms with Gasteiger partial charge >= 0.3 is 12.0 Å². The minimum absolute atomic E-state index is 0.0445. The van der Waals surface area contributed by atoms with Gasteiger partial charge in [-0.3, -0.25) is 9.59 Å². The number of hydrogen-bond acceptors (Lipinski definition) is 6. The summed E-state index contributed by atoms with van der Waals surface area (Å²) < 4.78 is 28.8. The van der Waals surface area contributed by atoms with Crippen LogP contribution in [-0.4, -0.2) is 48.2 Å². The van der Waals surface area contributed by atoms with Crippen LogP contribution in [0.2, 0.25) is 0 Å². The van der Waals surface area contributed by atoms with Gasteiger partial charge in [0.25, 0.3) is 0 Å². The number of hydrogen-bond donors (Lipinski definition) is 5. The largest absolute Gasteiger partial charge is 0.506 e. The number of phenols is 1. The predicted octanol–water partition coefficient (Wildman–Crippen LogP) is 5.01. The molecule has 2 amide bonds. The fraction of sp³-hybridized carbons (Fsp3) is 0.344. The molecule has 0 radical (unpaired) electrons. The maximum absolute atomic E-state index is 13.2. The lowest BCUT2D eigenvalue weighted by atomic mass is 9.70. The quantitative estimate of drug-likeness (QED) is 0.203. The third-order valence-electron chi connectivity index (χ3n) is 9.20. The van der Waals surface area contributed by atoms with E-state index in [0.29, 0.717) is 24.1 Å². The van der Waals surface area contributed by atoms with Crippen LogP contribution >= 0.6 is 0 Å². The van der Waals surface area contributed by atoms with Crippen LogP contribution in [0.4, 0.5) is 16.2 Å². The summed E-state index contributed by atoms with van der Waals surface area (Å²) in [7, 11) is -4.07. The van der Waals surface area contributed by atoms with E-state index in [1.807, 2.05) is 19.9 Å². The standard InChI is InChI=1S/C32H35N3O7S/c1-31(2)23-14-15-32(31,28(37)18-23)19-43(41,42)35-26(29(38)39)16-20-10-12-21(13-11-20)22-6-5-7-24(17-22)33-30(40)34-25-8-3-4-9-27(25)36/h3-13,17,23,26,35-36H,14-16,18-19H2,1-2H3,(H,38,39)(H2,33,34,40)/t23?,26-,32?/m0/s1. The summed E-state index contributed by atoms with van der Waals surface area (Å²) >= 11 is 0. The first kappa shape index (κ1) is 30.2. The Morgan fingerprint density at radius 1 is 0.977 bits per heavy atom. The van der Waals surface area contributed by atoms with Crippen molar-refractivity contribution >= 4 is 39.2 Å². The van der Waals surface area contributed by atoms with E-state index in [-0.39, 0.29) is 29.6 Å². The zero-order valence-electron chi connectivity index (χ0n) is 24.0. The molecule has 2 fully saturated rings. The third kappa shape index (κ3) is 6.14. The Hall–Kier alpha value is -4.22. The number of ketones is 1. The lowest BCUT2D eigenvalue weighted by Crippen LogP contribution is -2.49. The molecule has 5 rings (SSSR count). The van der Waals surface area contributed by atoms with Crippen molar-refractivity contribution in [2.24, 2.45) is 16.7 Å². The van der Waals surface area contributed by atoms with Gasteiger partial charge in [-0.05, 0) is 71.6 Å². The van der Waals surface area contributed by atoms with E-state index < -0.39 is 44.6 Å². The van der Waals surface area contributed by atoms with Gasteiger partial charge in [0.2, 0.25) is 10.0 Å². The molecule has 0 saturated heterocycles. The molecule has 3 aromatic carbocycles. The Morgan fingerprint density at radius 3 is 2.33 bits per heavy atom. The Bertz CT molecular complexity index is 1670. The highest BCUT2D eigenvalue weighted by atomic mass is 32.2. The number of carbonyl (C=O) groups excluding carboxylic acids is 2. The second kappa shape index (κ2) is 11.5. The molecule has 0 aliphatic heterocycles. The van der Waals surface area contributed by atoms with Crippen LogP contribution < -0.4 is 15.4 Å². The highest BCUT2D eigenvalue weighted by Crippen LogP contribution is 2.64. The molecule has 11 heteroatoms. The molecule has 0 spiro atoms. The highest BCUT2D eigenvalue weighted by Gasteiger charge is 2.65. The van der Waals surface area contributed by atoms with Gasteiger partial charge in [-0.25, -0.2) is 17.9 Å². The maximum Gasteiger partial charge on any atom is 0.323 e. The lowest BCUT2D eigenvalue weighted by molar-refractivity contribution is -0.138.